The second-order valence-electron chi connectivity index (χ2n) is 5.46. The molecule has 0 bridgehead atoms. The molecule has 0 aliphatic carbocycles. The summed E-state index contributed by atoms with van der Waals surface area (Å²) in [5.74, 6) is -4.27. The molecule has 4 nitrogen and oxygen atoms in total. The molecule has 0 aliphatic rings. The summed E-state index contributed by atoms with van der Waals surface area (Å²) in [5.41, 5.74) is -0.930. The van der Waals surface area contributed by atoms with Crippen molar-refractivity contribution >= 4 is 11.9 Å². The van der Waals surface area contributed by atoms with Gasteiger partial charge in [0.25, 0.3) is 5.91 Å². The van der Waals surface area contributed by atoms with Crippen molar-refractivity contribution in [3.8, 4) is 0 Å². The smallest absolute Gasteiger partial charge is 0.336 e. The van der Waals surface area contributed by atoms with Gasteiger partial charge in [0, 0.05) is 6.04 Å². The predicted molar refractivity (Wildman–Crippen MR) is 74.3 cm³/mol. The van der Waals surface area contributed by atoms with E-state index in [4.69, 9.17) is 5.11 Å². The van der Waals surface area contributed by atoms with Gasteiger partial charge < -0.3 is 10.4 Å². The second-order valence-corrected chi connectivity index (χ2v) is 5.46. The fourth-order valence-corrected chi connectivity index (χ4v) is 1.87. The fraction of sp³-hybridized carbons (Fsp3) is 0.467. The maximum absolute atomic E-state index is 13.2. The highest BCUT2D eigenvalue weighted by atomic mass is 19.2. The number of hydrogen-bond donors (Lipinski definition) is 2. The molecule has 21 heavy (non-hydrogen) atoms. The van der Waals surface area contributed by atoms with Crippen LogP contribution >= 0.6 is 0 Å². The molecule has 0 aliphatic heterocycles. The summed E-state index contributed by atoms with van der Waals surface area (Å²) in [6.07, 6.45) is 1.61. The van der Waals surface area contributed by atoms with Gasteiger partial charge in [-0.05, 0) is 37.8 Å². The lowest BCUT2D eigenvalue weighted by molar-refractivity contribution is 0.0689. The first kappa shape index (κ1) is 17.1. The first-order chi connectivity index (χ1) is 9.72. The van der Waals surface area contributed by atoms with Crippen LogP contribution in [0.2, 0.25) is 0 Å². The molecule has 1 unspecified atom stereocenters. The standard InChI is InChI=1S/C15H19F2NO3/c1-8(2)4-5-9(3)18-14(19)10-6-12(16)13(17)7-11(10)15(20)21/h6-9H,4-5H2,1-3H3,(H,18,19)(H,20,21). The Morgan fingerprint density at radius 2 is 1.62 bits per heavy atom. The van der Waals surface area contributed by atoms with E-state index in [1.54, 1.807) is 6.92 Å². The van der Waals surface area contributed by atoms with E-state index < -0.39 is 29.1 Å². The monoisotopic (exact) mass is 299 g/mol. The highest BCUT2D eigenvalue weighted by Gasteiger charge is 2.21. The number of carbonyl (C=O) groups is 2. The highest BCUT2D eigenvalue weighted by Crippen LogP contribution is 2.16. The van der Waals surface area contributed by atoms with Gasteiger partial charge in [-0.3, -0.25) is 4.79 Å². The third-order valence-electron chi connectivity index (χ3n) is 3.09. The number of benzene rings is 1. The van der Waals surface area contributed by atoms with Crippen LogP contribution in [0.15, 0.2) is 12.1 Å². The third kappa shape index (κ3) is 4.81. The van der Waals surface area contributed by atoms with Crippen molar-refractivity contribution < 1.29 is 23.5 Å². The zero-order valence-electron chi connectivity index (χ0n) is 12.2. The quantitative estimate of drug-likeness (QED) is 0.847. The molecule has 1 rings (SSSR count). The average Bonchev–Trinajstić information content (AvgIpc) is 2.38. The zero-order chi connectivity index (χ0) is 16.2. The van der Waals surface area contributed by atoms with Crippen LogP contribution in [-0.4, -0.2) is 23.0 Å². The topological polar surface area (TPSA) is 66.4 Å². The van der Waals surface area contributed by atoms with E-state index >= 15 is 0 Å². The molecule has 116 valence electrons. The van der Waals surface area contributed by atoms with Gasteiger partial charge >= 0.3 is 5.97 Å². The number of amides is 1. The van der Waals surface area contributed by atoms with Gasteiger partial charge in [-0.15, -0.1) is 0 Å². The normalized spacial score (nSPS) is 12.3. The summed E-state index contributed by atoms with van der Waals surface area (Å²) >= 11 is 0. The lowest BCUT2D eigenvalue weighted by Gasteiger charge is -2.16. The number of carboxylic acid groups (broad SMARTS) is 1. The van der Waals surface area contributed by atoms with Gasteiger partial charge in [0.1, 0.15) is 0 Å². The molecule has 0 saturated heterocycles. The van der Waals surface area contributed by atoms with Crippen LogP contribution in [0.1, 0.15) is 54.3 Å². The van der Waals surface area contributed by atoms with Crippen molar-refractivity contribution in [1.82, 2.24) is 5.32 Å². The molecule has 0 radical (unpaired) electrons. The van der Waals surface area contributed by atoms with E-state index in [1.807, 2.05) is 13.8 Å². The average molecular weight is 299 g/mol. The Labute approximate surface area is 122 Å². The molecule has 1 atom stereocenters. The van der Waals surface area contributed by atoms with Crippen LogP contribution in [0.3, 0.4) is 0 Å². The molecule has 1 amide bonds. The van der Waals surface area contributed by atoms with Gasteiger partial charge in [0.15, 0.2) is 11.6 Å². The molecule has 6 heteroatoms. The minimum atomic E-state index is -1.48. The van der Waals surface area contributed by atoms with E-state index in [1.165, 1.54) is 0 Å². The first-order valence-corrected chi connectivity index (χ1v) is 6.75. The molecule has 0 spiro atoms. The van der Waals surface area contributed by atoms with Gasteiger partial charge in [0.2, 0.25) is 0 Å². The fourth-order valence-electron chi connectivity index (χ4n) is 1.87. The summed E-state index contributed by atoms with van der Waals surface area (Å²) in [4.78, 5) is 23.0. The molecule has 0 saturated carbocycles. The lowest BCUT2D eigenvalue weighted by atomic mass is 10.0. The number of halogens is 2. The van der Waals surface area contributed by atoms with Crippen LogP contribution in [-0.2, 0) is 0 Å². The van der Waals surface area contributed by atoms with Crippen molar-refractivity contribution in [1.29, 1.82) is 0 Å². The van der Waals surface area contributed by atoms with E-state index in [0.29, 0.717) is 18.1 Å². The van der Waals surface area contributed by atoms with Crippen molar-refractivity contribution in [3.63, 3.8) is 0 Å². The lowest BCUT2D eigenvalue weighted by Crippen LogP contribution is -2.34. The Morgan fingerprint density at radius 1 is 1.10 bits per heavy atom. The summed E-state index contributed by atoms with van der Waals surface area (Å²) in [5, 5.41) is 11.6. The highest BCUT2D eigenvalue weighted by molar-refractivity contribution is 6.04. The van der Waals surface area contributed by atoms with Crippen molar-refractivity contribution in [2.45, 2.75) is 39.7 Å². The zero-order valence-corrected chi connectivity index (χ0v) is 12.2. The molecule has 0 heterocycles. The Bertz CT molecular complexity index is 544. The van der Waals surface area contributed by atoms with Crippen LogP contribution in [0.5, 0.6) is 0 Å². The predicted octanol–water partition coefficient (Wildman–Crippen LogP) is 3.22. The summed E-state index contributed by atoms with van der Waals surface area (Å²) in [6, 6.07) is 0.948. The maximum atomic E-state index is 13.2. The maximum Gasteiger partial charge on any atom is 0.336 e. The molecule has 1 aromatic rings. The van der Waals surface area contributed by atoms with Crippen LogP contribution in [0.25, 0.3) is 0 Å². The SMILES string of the molecule is CC(C)CCC(C)NC(=O)c1cc(F)c(F)cc1C(=O)O. The Balaban J connectivity index is 2.91. The largest absolute Gasteiger partial charge is 0.478 e. The number of aromatic carboxylic acids is 1. The van der Waals surface area contributed by atoms with Crippen LogP contribution < -0.4 is 5.32 Å². The minimum absolute atomic E-state index is 0.186. The van der Waals surface area contributed by atoms with Gasteiger partial charge in [-0.1, -0.05) is 13.8 Å². The molecule has 0 fully saturated rings. The number of nitrogens with one attached hydrogen (secondary N) is 1. The molecular weight excluding hydrogens is 280 g/mol. The summed E-state index contributed by atoms with van der Waals surface area (Å²) in [6.45, 7) is 5.87. The number of rotatable bonds is 6. The van der Waals surface area contributed by atoms with Crippen molar-refractivity contribution in [2.75, 3.05) is 0 Å². The summed E-state index contributed by atoms with van der Waals surface area (Å²) < 4.78 is 26.3. The van der Waals surface area contributed by atoms with Crippen molar-refractivity contribution in [2.24, 2.45) is 5.92 Å². The number of hydrogen-bond acceptors (Lipinski definition) is 2. The first-order valence-electron chi connectivity index (χ1n) is 6.75. The van der Waals surface area contributed by atoms with E-state index in [9.17, 15) is 18.4 Å². The van der Waals surface area contributed by atoms with Crippen LogP contribution in [0, 0.1) is 17.6 Å². The Hall–Kier alpha value is -1.98. The van der Waals surface area contributed by atoms with Crippen LogP contribution in [0.4, 0.5) is 8.78 Å². The summed E-state index contributed by atoms with van der Waals surface area (Å²) in [7, 11) is 0. The van der Waals surface area contributed by atoms with Gasteiger partial charge in [-0.2, -0.15) is 0 Å². The van der Waals surface area contributed by atoms with E-state index in [2.05, 4.69) is 5.32 Å². The van der Waals surface area contributed by atoms with Gasteiger partial charge in [0.05, 0.1) is 11.1 Å². The Morgan fingerprint density at radius 3 is 2.10 bits per heavy atom. The molecule has 1 aromatic carbocycles. The van der Waals surface area contributed by atoms with E-state index in [-0.39, 0.29) is 11.6 Å². The third-order valence-corrected chi connectivity index (χ3v) is 3.09. The molecular formula is C15H19F2NO3. The molecule has 0 aromatic heterocycles. The molecule has 2 N–H and O–H groups in total. The van der Waals surface area contributed by atoms with Gasteiger partial charge in [-0.25, -0.2) is 13.6 Å². The van der Waals surface area contributed by atoms with E-state index in [0.717, 1.165) is 12.8 Å². The van der Waals surface area contributed by atoms with Crippen molar-refractivity contribution in [3.05, 3.63) is 34.9 Å². The number of carbonyl (C=O) groups excluding carboxylic acids is 1. The minimum Gasteiger partial charge on any atom is -0.478 e. The second kappa shape index (κ2) is 7.15. The Kier molecular flexibility index (Phi) is 5.81. The number of carboxylic acids is 1.